The van der Waals surface area contributed by atoms with Crippen molar-refractivity contribution in [2.75, 3.05) is 18.5 Å². The maximum absolute atomic E-state index is 13.1. The van der Waals surface area contributed by atoms with E-state index in [1.807, 2.05) is 50.2 Å². The standard InChI is InChI=1S/C24H27ClN2O3/c1-5-13-27-23(28)21(17-9-11-18(12-10-17)30-14-15(2)3)22(24(27)29)26-20-8-6-7-19(25)16(20)4/h6-12,15,26H,5,13-14H2,1-4H3. The lowest BCUT2D eigenvalue weighted by molar-refractivity contribution is -0.136. The number of anilines is 1. The topological polar surface area (TPSA) is 58.6 Å². The van der Waals surface area contributed by atoms with E-state index in [0.29, 0.717) is 47.3 Å². The maximum Gasteiger partial charge on any atom is 0.278 e. The fourth-order valence-corrected chi connectivity index (χ4v) is 3.42. The maximum atomic E-state index is 13.1. The van der Waals surface area contributed by atoms with E-state index in [0.717, 1.165) is 11.3 Å². The summed E-state index contributed by atoms with van der Waals surface area (Å²) in [5, 5.41) is 3.77. The number of halogens is 1. The number of ether oxygens (including phenoxy) is 1. The van der Waals surface area contributed by atoms with Crippen LogP contribution in [0, 0.1) is 12.8 Å². The number of benzene rings is 2. The normalized spacial score (nSPS) is 14.1. The average Bonchev–Trinajstić information content (AvgIpc) is 2.95. The molecule has 0 unspecified atom stereocenters. The van der Waals surface area contributed by atoms with Crippen LogP contribution in [-0.2, 0) is 9.59 Å². The van der Waals surface area contributed by atoms with Crippen molar-refractivity contribution in [1.29, 1.82) is 0 Å². The lowest BCUT2D eigenvalue weighted by Crippen LogP contribution is -2.33. The Hall–Kier alpha value is -2.79. The first-order valence-corrected chi connectivity index (χ1v) is 10.6. The highest BCUT2D eigenvalue weighted by Crippen LogP contribution is 2.33. The van der Waals surface area contributed by atoms with E-state index in [1.54, 1.807) is 6.07 Å². The highest BCUT2D eigenvalue weighted by atomic mass is 35.5. The number of rotatable bonds is 8. The molecule has 0 bridgehead atoms. The molecule has 158 valence electrons. The van der Waals surface area contributed by atoms with Crippen LogP contribution in [0.25, 0.3) is 5.57 Å². The molecule has 3 rings (SSSR count). The van der Waals surface area contributed by atoms with Crippen LogP contribution in [0.1, 0.15) is 38.3 Å². The molecule has 1 N–H and O–H groups in total. The second-order valence-electron chi connectivity index (χ2n) is 7.78. The van der Waals surface area contributed by atoms with E-state index in [1.165, 1.54) is 4.90 Å². The van der Waals surface area contributed by atoms with Crippen molar-refractivity contribution in [2.24, 2.45) is 5.92 Å². The van der Waals surface area contributed by atoms with E-state index < -0.39 is 0 Å². The van der Waals surface area contributed by atoms with E-state index in [9.17, 15) is 9.59 Å². The Balaban J connectivity index is 2.00. The van der Waals surface area contributed by atoms with Crippen LogP contribution in [0.4, 0.5) is 5.69 Å². The van der Waals surface area contributed by atoms with Gasteiger partial charge in [0.15, 0.2) is 0 Å². The zero-order chi connectivity index (χ0) is 21.8. The number of carbonyl (C=O) groups is 2. The molecule has 5 nitrogen and oxygen atoms in total. The second-order valence-corrected chi connectivity index (χ2v) is 8.19. The minimum Gasteiger partial charge on any atom is -0.493 e. The van der Waals surface area contributed by atoms with Crippen molar-refractivity contribution in [3.63, 3.8) is 0 Å². The molecule has 0 spiro atoms. The highest BCUT2D eigenvalue weighted by Gasteiger charge is 2.38. The summed E-state index contributed by atoms with van der Waals surface area (Å²) < 4.78 is 5.74. The molecule has 0 saturated carbocycles. The molecule has 2 aromatic rings. The van der Waals surface area contributed by atoms with E-state index >= 15 is 0 Å². The second kappa shape index (κ2) is 9.35. The predicted octanol–water partition coefficient (Wildman–Crippen LogP) is 5.29. The van der Waals surface area contributed by atoms with Gasteiger partial charge in [0, 0.05) is 17.3 Å². The van der Waals surface area contributed by atoms with Crippen LogP contribution in [0.3, 0.4) is 0 Å². The number of imide groups is 1. The van der Waals surface area contributed by atoms with Crippen molar-refractivity contribution in [1.82, 2.24) is 4.90 Å². The Kier molecular flexibility index (Phi) is 6.83. The molecule has 1 heterocycles. The Morgan fingerprint density at radius 1 is 1.07 bits per heavy atom. The van der Waals surface area contributed by atoms with Crippen LogP contribution in [0.2, 0.25) is 5.02 Å². The molecule has 6 heteroatoms. The summed E-state index contributed by atoms with van der Waals surface area (Å²) in [5.74, 6) is 0.535. The van der Waals surface area contributed by atoms with Gasteiger partial charge in [-0.2, -0.15) is 0 Å². The van der Waals surface area contributed by atoms with Gasteiger partial charge in [-0.3, -0.25) is 14.5 Å². The minimum absolute atomic E-state index is 0.273. The highest BCUT2D eigenvalue weighted by molar-refractivity contribution is 6.36. The van der Waals surface area contributed by atoms with Crippen molar-refractivity contribution >= 4 is 34.7 Å². The quantitative estimate of drug-likeness (QED) is 0.583. The van der Waals surface area contributed by atoms with Gasteiger partial charge < -0.3 is 10.1 Å². The molecule has 0 atom stereocenters. The molecular weight excluding hydrogens is 400 g/mol. The molecule has 2 aromatic carbocycles. The summed E-state index contributed by atoms with van der Waals surface area (Å²) in [4.78, 5) is 27.5. The van der Waals surface area contributed by atoms with Crippen molar-refractivity contribution in [3.8, 4) is 5.75 Å². The summed E-state index contributed by atoms with van der Waals surface area (Å²) in [5.41, 5.74) is 2.83. The molecule has 2 amide bonds. The molecule has 0 aliphatic carbocycles. The Bertz CT molecular complexity index is 980. The van der Waals surface area contributed by atoms with Crippen LogP contribution >= 0.6 is 11.6 Å². The fourth-order valence-electron chi connectivity index (χ4n) is 3.24. The first-order valence-electron chi connectivity index (χ1n) is 10.2. The first-order chi connectivity index (χ1) is 14.3. The minimum atomic E-state index is -0.323. The van der Waals surface area contributed by atoms with Crippen molar-refractivity contribution in [3.05, 3.63) is 64.3 Å². The summed E-state index contributed by atoms with van der Waals surface area (Å²) in [6.07, 6.45) is 0.691. The van der Waals surface area contributed by atoms with Gasteiger partial charge in [-0.25, -0.2) is 0 Å². The SMILES string of the molecule is CCCN1C(=O)C(Nc2cccc(Cl)c2C)=C(c2ccc(OCC(C)C)cc2)C1=O. The van der Waals surface area contributed by atoms with Crippen LogP contribution in [0.5, 0.6) is 5.75 Å². The van der Waals surface area contributed by atoms with Gasteiger partial charge in [-0.1, -0.05) is 50.6 Å². The van der Waals surface area contributed by atoms with Gasteiger partial charge in [0.2, 0.25) is 0 Å². The predicted molar refractivity (Wildman–Crippen MR) is 121 cm³/mol. The number of nitrogens with zero attached hydrogens (tertiary/aromatic N) is 1. The number of carbonyl (C=O) groups excluding carboxylic acids is 2. The average molecular weight is 427 g/mol. The molecular formula is C24H27ClN2O3. The number of hydrogen-bond acceptors (Lipinski definition) is 4. The van der Waals surface area contributed by atoms with E-state index in [-0.39, 0.29) is 17.5 Å². The smallest absolute Gasteiger partial charge is 0.278 e. The Labute approximate surface area is 182 Å². The van der Waals surface area contributed by atoms with Gasteiger partial charge in [0.05, 0.1) is 12.2 Å². The molecule has 30 heavy (non-hydrogen) atoms. The van der Waals surface area contributed by atoms with E-state index in [2.05, 4.69) is 19.2 Å². The van der Waals surface area contributed by atoms with Gasteiger partial charge in [0.1, 0.15) is 11.4 Å². The lowest BCUT2D eigenvalue weighted by Gasteiger charge is -2.14. The van der Waals surface area contributed by atoms with Gasteiger partial charge in [0.25, 0.3) is 11.8 Å². The molecule has 0 radical (unpaired) electrons. The fraction of sp³-hybridized carbons (Fsp3) is 0.333. The number of hydrogen-bond donors (Lipinski definition) is 1. The first kappa shape index (κ1) is 21.9. The molecule has 1 aliphatic rings. The summed E-state index contributed by atoms with van der Waals surface area (Å²) in [6.45, 7) is 8.96. The van der Waals surface area contributed by atoms with Crippen molar-refractivity contribution < 1.29 is 14.3 Å². The molecule has 0 saturated heterocycles. The zero-order valence-electron chi connectivity index (χ0n) is 17.8. The molecule has 0 aromatic heterocycles. The third-order valence-corrected chi connectivity index (χ3v) is 5.28. The van der Waals surface area contributed by atoms with Gasteiger partial charge in [-0.05, 0) is 54.7 Å². The van der Waals surface area contributed by atoms with Gasteiger partial charge >= 0.3 is 0 Å². The molecule has 0 fully saturated rings. The lowest BCUT2D eigenvalue weighted by atomic mass is 10.0. The Morgan fingerprint density at radius 3 is 2.40 bits per heavy atom. The zero-order valence-corrected chi connectivity index (χ0v) is 18.5. The third kappa shape index (κ3) is 4.51. The van der Waals surface area contributed by atoms with Crippen LogP contribution in [-0.4, -0.2) is 29.9 Å². The summed E-state index contributed by atoms with van der Waals surface area (Å²) in [6, 6.07) is 12.7. The molecule has 1 aliphatic heterocycles. The summed E-state index contributed by atoms with van der Waals surface area (Å²) >= 11 is 6.23. The van der Waals surface area contributed by atoms with Crippen LogP contribution < -0.4 is 10.1 Å². The van der Waals surface area contributed by atoms with Crippen LogP contribution in [0.15, 0.2) is 48.2 Å². The third-order valence-electron chi connectivity index (χ3n) is 4.87. The van der Waals surface area contributed by atoms with E-state index in [4.69, 9.17) is 16.3 Å². The summed E-state index contributed by atoms with van der Waals surface area (Å²) in [7, 11) is 0. The van der Waals surface area contributed by atoms with Crippen molar-refractivity contribution in [2.45, 2.75) is 34.1 Å². The largest absolute Gasteiger partial charge is 0.493 e. The number of nitrogens with one attached hydrogen (secondary N) is 1. The monoisotopic (exact) mass is 426 g/mol. The Morgan fingerprint density at radius 2 is 1.77 bits per heavy atom. The number of amides is 2. The van der Waals surface area contributed by atoms with Gasteiger partial charge in [-0.15, -0.1) is 0 Å².